The number of hydrogen-bond donors (Lipinski definition) is 1. The third-order valence-corrected chi connectivity index (χ3v) is 4.47. The van der Waals surface area contributed by atoms with Crippen LogP contribution in [-0.4, -0.2) is 42.9 Å². The Labute approximate surface area is 134 Å². The number of ether oxygens (including phenoxy) is 3. The molecule has 5 nitrogen and oxygen atoms in total. The maximum atomic E-state index is 10.7. The van der Waals surface area contributed by atoms with E-state index < -0.39 is 11.8 Å². The van der Waals surface area contributed by atoms with Crippen LogP contribution in [0.1, 0.15) is 19.4 Å². The van der Waals surface area contributed by atoms with Gasteiger partial charge in [-0.15, -0.1) is 11.8 Å². The van der Waals surface area contributed by atoms with Gasteiger partial charge in [0.2, 0.25) is 5.79 Å². The Bertz CT molecular complexity index is 502. The van der Waals surface area contributed by atoms with E-state index in [-0.39, 0.29) is 11.2 Å². The number of rotatable bonds is 6. The Kier molecular flexibility index (Phi) is 5.36. The van der Waals surface area contributed by atoms with E-state index in [1.54, 1.807) is 7.11 Å². The van der Waals surface area contributed by atoms with Gasteiger partial charge >= 0.3 is 5.97 Å². The average Bonchev–Trinajstić information content (AvgIpc) is 2.49. The molecule has 122 valence electrons. The molecule has 0 aromatic heterocycles. The van der Waals surface area contributed by atoms with Gasteiger partial charge in [0.1, 0.15) is 5.75 Å². The van der Waals surface area contributed by atoms with Crippen molar-refractivity contribution < 1.29 is 24.1 Å². The number of thioether (sulfide) groups is 1. The zero-order valence-electron chi connectivity index (χ0n) is 13.1. The third kappa shape index (κ3) is 4.15. The molecule has 1 heterocycles. The van der Waals surface area contributed by atoms with Crippen molar-refractivity contribution in [2.45, 2.75) is 19.6 Å². The van der Waals surface area contributed by atoms with E-state index in [0.29, 0.717) is 19.0 Å². The van der Waals surface area contributed by atoms with Crippen LogP contribution in [-0.2, 0) is 20.1 Å². The lowest BCUT2D eigenvalue weighted by Crippen LogP contribution is -2.47. The molecule has 0 amide bonds. The molecule has 1 aromatic rings. The summed E-state index contributed by atoms with van der Waals surface area (Å²) in [5, 5.41) is 8.83. The van der Waals surface area contributed by atoms with Gasteiger partial charge in [0.15, 0.2) is 0 Å². The summed E-state index contributed by atoms with van der Waals surface area (Å²) in [7, 11) is 1.61. The molecule has 0 saturated carbocycles. The fourth-order valence-electron chi connectivity index (χ4n) is 2.16. The fraction of sp³-hybridized carbons (Fsp3) is 0.562. The van der Waals surface area contributed by atoms with Crippen molar-refractivity contribution in [3.63, 3.8) is 0 Å². The first-order chi connectivity index (χ1) is 10.4. The first kappa shape index (κ1) is 17.1. The van der Waals surface area contributed by atoms with E-state index in [4.69, 9.17) is 19.3 Å². The largest absolute Gasteiger partial charge is 0.497 e. The maximum absolute atomic E-state index is 10.7. The molecule has 1 saturated heterocycles. The van der Waals surface area contributed by atoms with Crippen LogP contribution in [0.25, 0.3) is 0 Å². The zero-order valence-corrected chi connectivity index (χ0v) is 13.9. The van der Waals surface area contributed by atoms with Gasteiger partial charge in [0, 0.05) is 11.0 Å². The van der Waals surface area contributed by atoms with Gasteiger partial charge in [-0.3, -0.25) is 4.79 Å². The third-order valence-electron chi connectivity index (χ3n) is 3.44. The molecule has 0 unspecified atom stereocenters. The molecule has 2 rings (SSSR count). The van der Waals surface area contributed by atoms with Gasteiger partial charge in [0.05, 0.1) is 31.8 Å². The van der Waals surface area contributed by atoms with Crippen molar-refractivity contribution in [3.8, 4) is 5.75 Å². The number of hydrogen-bond acceptors (Lipinski definition) is 5. The molecule has 0 radical (unpaired) electrons. The highest BCUT2D eigenvalue weighted by molar-refractivity contribution is 7.99. The normalized spacial score (nSPS) is 19.6. The fourth-order valence-corrected chi connectivity index (χ4v) is 3.04. The van der Waals surface area contributed by atoms with Crippen molar-refractivity contribution in [3.05, 3.63) is 29.8 Å². The standard InChI is InChI=1S/C16H22O5S/c1-15(2)9-20-16(21-10-15,11-22-8-14(17)18)12-4-6-13(19-3)7-5-12/h4-7H,8-11H2,1-3H3,(H,17,18). The molecule has 1 fully saturated rings. The molecule has 1 aromatic carbocycles. The topological polar surface area (TPSA) is 65.0 Å². The average molecular weight is 326 g/mol. The maximum Gasteiger partial charge on any atom is 0.313 e. The monoisotopic (exact) mass is 326 g/mol. The highest BCUT2D eigenvalue weighted by atomic mass is 32.2. The van der Waals surface area contributed by atoms with Crippen LogP contribution in [0.2, 0.25) is 0 Å². The molecular formula is C16H22O5S. The van der Waals surface area contributed by atoms with Crippen molar-refractivity contribution in [2.75, 3.05) is 31.8 Å². The van der Waals surface area contributed by atoms with Gasteiger partial charge in [-0.25, -0.2) is 0 Å². The number of methoxy groups -OCH3 is 1. The van der Waals surface area contributed by atoms with E-state index in [1.807, 2.05) is 24.3 Å². The first-order valence-corrected chi connectivity index (χ1v) is 8.24. The van der Waals surface area contributed by atoms with Crippen LogP contribution in [0.4, 0.5) is 0 Å². The summed E-state index contributed by atoms with van der Waals surface area (Å²) in [6.45, 7) is 5.28. The Morgan fingerprint density at radius 1 is 1.27 bits per heavy atom. The molecule has 1 N–H and O–H groups in total. The summed E-state index contributed by atoms with van der Waals surface area (Å²) < 4.78 is 17.3. The van der Waals surface area contributed by atoms with Crippen LogP contribution in [0.15, 0.2) is 24.3 Å². The lowest BCUT2D eigenvalue weighted by molar-refractivity contribution is -0.295. The van der Waals surface area contributed by atoms with E-state index >= 15 is 0 Å². The summed E-state index contributed by atoms with van der Waals surface area (Å²) in [4.78, 5) is 10.7. The molecule has 0 aliphatic carbocycles. The lowest BCUT2D eigenvalue weighted by Gasteiger charge is -2.43. The Balaban J connectivity index is 2.18. The van der Waals surface area contributed by atoms with Gasteiger partial charge in [-0.2, -0.15) is 0 Å². The molecule has 0 bridgehead atoms. The summed E-state index contributed by atoms with van der Waals surface area (Å²) in [5.41, 5.74) is 0.828. The second-order valence-electron chi connectivity index (χ2n) is 6.11. The number of aliphatic carboxylic acids is 1. The van der Waals surface area contributed by atoms with E-state index in [1.165, 1.54) is 11.8 Å². The summed E-state index contributed by atoms with van der Waals surface area (Å²) in [5.74, 6) is -0.531. The first-order valence-electron chi connectivity index (χ1n) is 7.09. The van der Waals surface area contributed by atoms with Crippen LogP contribution in [0.3, 0.4) is 0 Å². The predicted octanol–water partition coefficient (Wildman–Crippen LogP) is 2.74. The molecule has 22 heavy (non-hydrogen) atoms. The molecule has 1 aliphatic heterocycles. The molecule has 6 heteroatoms. The van der Waals surface area contributed by atoms with Gasteiger partial charge in [-0.1, -0.05) is 13.8 Å². The minimum atomic E-state index is -0.901. The van der Waals surface area contributed by atoms with E-state index in [9.17, 15) is 4.79 Å². The van der Waals surface area contributed by atoms with Crippen molar-refractivity contribution in [1.29, 1.82) is 0 Å². The van der Waals surface area contributed by atoms with Crippen LogP contribution in [0, 0.1) is 5.41 Å². The summed E-state index contributed by atoms with van der Waals surface area (Å²) in [6, 6.07) is 7.51. The van der Waals surface area contributed by atoms with Crippen LogP contribution >= 0.6 is 11.8 Å². The molecule has 0 atom stereocenters. The molecule has 1 aliphatic rings. The Morgan fingerprint density at radius 2 is 1.86 bits per heavy atom. The number of carboxylic acids is 1. The Morgan fingerprint density at radius 3 is 2.36 bits per heavy atom. The smallest absolute Gasteiger partial charge is 0.313 e. The minimum Gasteiger partial charge on any atom is -0.497 e. The van der Waals surface area contributed by atoms with Crippen molar-refractivity contribution >= 4 is 17.7 Å². The summed E-state index contributed by atoms with van der Waals surface area (Å²) >= 11 is 1.29. The number of benzene rings is 1. The number of carbonyl (C=O) groups is 1. The quantitative estimate of drug-likeness (QED) is 0.867. The van der Waals surface area contributed by atoms with Crippen molar-refractivity contribution in [1.82, 2.24) is 0 Å². The second kappa shape index (κ2) is 6.89. The highest BCUT2D eigenvalue weighted by Gasteiger charge is 2.42. The van der Waals surface area contributed by atoms with Crippen molar-refractivity contribution in [2.24, 2.45) is 5.41 Å². The summed E-state index contributed by atoms with van der Waals surface area (Å²) in [6.07, 6.45) is 0. The zero-order chi connectivity index (χ0) is 16.2. The highest BCUT2D eigenvalue weighted by Crippen LogP contribution is 2.39. The molecular weight excluding hydrogens is 304 g/mol. The number of carboxylic acid groups (broad SMARTS) is 1. The van der Waals surface area contributed by atoms with Gasteiger partial charge < -0.3 is 19.3 Å². The molecule has 0 spiro atoms. The predicted molar refractivity (Wildman–Crippen MR) is 85.3 cm³/mol. The second-order valence-corrected chi connectivity index (χ2v) is 7.10. The lowest BCUT2D eigenvalue weighted by atomic mass is 9.93. The van der Waals surface area contributed by atoms with E-state index in [2.05, 4.69) is 13.8 Å². The van der Waals surface area contributed by atoms with Gasteiger partial charge in [-0.05, 0) is 24.3 Å². The SMILES string of the molecule is COc1ccc(C2(CSCC(=O)O)OCC(C)(C)CO2)cc1. The van der Waals surface area contributed by atoms with Crippen LogP contribution in [0.5, 0.6) is 5.75 Å². The van der Waals surface area contributed by atoms with Gasteiger partial charge in [0.25, 0.3) is 0 Å². The minimum absolute atomic E-state index is 0.0218. The van der Waals surface area contributed by atoms with E-state index in [0.717, 1.165) is 11.3 Å². The Hall–Kier alpha value is -1.24. The van der Waals surface area contributed by atoms with Crippen LogP contribution < -0.4 is 4.74 Å².